The van der Waals surface area contributed by atoms with Gasteiger partial charge in [-0.05, 0) is 43.2 Å². The van der Waals surface area contributed by atoms with Crippen molar-refractivity contribution >= 4 is 5.69 Å². The fraction of sp³-hybridized carbons (Fsp3) is 0.600. The van der Waals surface area contributed by atoms with Crippen molar-refractivity contribution in [1.82, 2.24) is 5.32 Å². The molecule has 0 spiro atoms. The van der Waals surface area contributed by atoms with Crippen LogP contribution in [-0.2, 0) is 13.0 Å². The van der Waals surface area contributed by atoms with Gasteiger partial charge in [0.1, 0.15) is 0 Å². The monoisotopic (exact) mass is 230 g/mol. The topological polar surface area (TPSA) is 24.1 Å². The van der Waals surface area contributed by atoms with E-state index in [1.807, 2.05) is 0 Å². The second-order valence-electron chi connectivity index (χ2n) is 5.49. The van der Waals surface area contributed by atoms with Crippen LogP contribution < -0.4 is 10.6 Å². The molecular weight excluding hydrogens is 208 g/mol. The standard InChI is InChI=1S/C15H22N2/c1-11(12-4-2-5-12)17-10-14-7-3-6-13-8-9-16-15(13)14/h3,6-7,11-12,16-17H,2,4-5,8-10H2,1H3. The van der Waals surface area contributed by atoms with E-state index in [9.17, 15) is 0 Å². The van der Waals surface area contributed by atoms with Crippen molar-refractivity contribution in [3.63, 3.8) is 0 Å². The minimum Gasteiger partial charge on any atom is -0.384 e. The van der Waals surface area contributed by atoms with E-state index in [2.05, 4.69) is 35.8 Å². The molecular formula is C15H22N2. The molecule has 1 aliphatic carbocycles. The Morgan fingerprint density at radius 1 is 1.41 bits per heavy atom. The molecule has 1 heterocycles. The van der Waals surface area contributed by atoms with Gasteiger partial charge in [0.05, 0.1) is 0 Å². The molecule has 2 N–H and O–H groups in total. The highest BCUT2D eigenvalue weighted by atomic mass is 14.9. The van der Waals surface area contributed by atoms with Crippen molar-refractivity contribution in [2.45, 2.75) is 45.2 Å². The number of benzene rings is 1. The summed E-state index contributed by atoms with van der Waals surface area (Å²) in [5.74, 6) is 0.916. The Morgan fingerprint density at radius 2 is 2.29 bits per heavy atom. The summed E-state index contributed by atoms with van der Waals surface area (Å²) >= 11 is 0. The van der Waals surface area contributed by atoms with Gasteiger partial charge in [0.2, 0.25) is 0 Å². The van der Waals surface area contributed by atoms with Crippen molar-refractivity contribution in [2.24, 2.45) is 5.92 Å². The second kappa shape index (κ2) is 4.69. The van der Waals surface area contributed by atoms with E-state index in [4.69, 9.17) is 0 Å². The number of fused-ring (bicyclic) bond motifs is 1. The molecule has 1 aromatic carbocycles. The highest BCUT2D eigenvalue weighted by Crippen LogP contribution is 2.30. The third-order valence-electron chi connectivity index (χ3n) is 4.40. The maximum absolute atomic E-state index is 3.69. The molecule has 2 aliphatic rings. The lowest BCUT2D eigenvalue weighted by atomic mass is 9.80. The lowest BCUT2D eigenvalue weighted by Gasteiger charge is -2.32. The lowest BCUT2D eigenvalue weighted by molar-refractivity contribution is 0.240. The summed E-state index contributed by atoms with van der Waals surface area (Å²) in [6, 6.07) is 7.35. The fourth-order valence-corrected chi connectivity index (χ4v) is 2.94. The van der Waals surface area contributed by atoms with Crippen molar-refractivity contribution < 1.29 is 0 Å². The molecule has 17 heavy (non-hydrogen) atoms. The number of hydrogen-bond donors (Lipinski definition) is 2. The van der Waals surface area contributed by atoms with Crippen molar-refractivity contribution in [3.8, 4) is 0 Å². The zero-order valence-electron chi connectivity index (χ0n) is 10.6. The maximum Gasteiger partial charge on any atom is 0.0419 e. The van der Waals surface area contributed by atoms with Crippen LogP contribution in [0, 0.1) is 5.92 Å². The first kappa shape index (κ1) is 11.1. The third kappa shape index (κ3) is 2.19. The summed E-state index contributed by atoms with van der Waals surface area (Å²) in [4.78, 5) is 0. The Kier molecular flexibility index (Phi) is 3.06. The number of para-hydroxylation sites is 1. The van der Waals surface area contributed by atoms with Crippen molar-refractivity contribution in [1.29, 1.82) is 0 Å². The van der Waals surface area contributed by atoms with Gasteiger partial charge in [-0.3, -0.25) is 0 Å². The van der Waals surface area contributed by atoms with Gasteiger partial charge >= 0.3 is 0 Å². The zero-order chi connectivity index (χ0) is 11.7. The molecule has 0 radical (unpaired) electrons. The van der Waals surface area contributed by atoms with E-state index in [1.54, 1.807) is 0 Å². The molecule has 0 aromatic heterocycles. The number of rotatable bonds is 4. The quantitative estimate of drug-likeness (QED) is 0.831. The molecule has 2 nitrogen and oxygen atoms in total. The first-order valence-corrected chi connectivity index (χ1v) is 6.92. The number of anilines is 1. The summed E-state index contributed by atoms with van der Waals surface area (Å²) < 4.78 is 0. The summed E-state index contributed by atoms with van der Waals surface area (Å²) in [5, 5.41) is 7.20. The highest BCUT2D eigenvalue weighted by Gasteiger charge is 2.23. The number of hydrogen-bond acceptors (Lipinski definition) is 2. The minimum atomic E-state index is 0.668. The van der Waals surface area contributed by atoms with E-state index in [0.29, 0.717) is 6.04 Å². The first-order valence-electron chi connectivity index (χ1n) is 6.92. The van der Waals surface area contributed by atoms with Crippen LogP contribution in [0.25, 0.3) is 0 Å². The van der Waals surface area contributed by atoms with Crippen molar-refractivity contribution in [3.05, 3.63) is 29.3 Å². The van der Waals surface area contributed by atoms with Gasteiger partial charge < -0.3 is 10.6 Å². The predicted octanol–water partition coefficient (Wildman–Crippen LogP) is 2.93. The molecule has 1 atom stereocenters. The smallest absolute Gasteiger partial charge is 0.0419 e. The summed E-state index contributed by atoms with van der Waals surface area (Å²) in [5.41, 5.74) is 4.31. The van der Waals surface area contributed by atoms with Gasteiger partial charge in [0, 0.05) is 24.8 Å². The van der Waals surface area contributed by atoms with Crippen LogP contribution in [0.15, 0.2) is 18.2 Å². The van der Waals surface area contributed by atoms with Gasteiger partial charge in [-0.2, -0.15) is 0 Å². The van der Waals surface area contributed by atoms with E-state index in [-0.39, 0.29) is 0 Å². The zero-order valence-corrected chi connectivity index (χ0v) is 10.6. The minimum absolute atomic E-state index is 0.668. The fourth-order valence-electron chi connectivity index (χ4n) is 2.94. The first-order chi connectivity index (χ1) is 8.34. The molecule has 3 rings (SSSR count). The van der Waals surface area contributed by atoms with Crippen LogP contribution in [-0.4, -0.2) is 12.6 Å². The lowest BCUT2D eigenvalue weighted by Crippen LogP contribution is -2.36. The largest absolute Gasteiger partial charge is 0.384 e. The summed E-state index contributed by atoms with van der Waals surface area (Å²) in [7, 11) is 0. The highest BCUT2D eigenvalue weighted by molar-refractivity contribution is 5.61. The molecule has 0 saturated heterocycles. The Bertz CT molecular complexity index is 396. The summed E-state index contributed by atoms with van der Waals surface area (Å²) in [6.07, 6.45) is 5.44. The second-order valence-corrected chi connectivity index (χ2v) is 5.49. The predicted molar refractivity (Wildman–Crippen MR) is 72.3 cm³/mol. The molecule has 92 valence electrons. The molecule has 1 aromatic rings. The Morgan fingerprint density at radius 3 is 3.06 bits per heavy atom. The SMILES string of the molecule is CC(NCc1cccc2c1NCC2)C1CCC1. The van der Waals surface area contributed by atoms with Gasteiger partial charge in [-0.1, -0.05) is 24.6 Å². The molecule has 1 fully saturated rings. The van der Waals surface area contributed by atoms with Gasteiger partial charge in [0.15, 0.2) is 0 Å². The average Bonchev–Trinajstić information content (AvgIpc) is 2.72. The molecule has 2 heteroatoms. The van der Waals surface area contributed by atoms with Crippen LogP contribution >= 0.6 is 0 Å². The number of nitrogens with one attached hydrogen (secondary N) is 2. The van der Waals surface area contributed by atoms with Crippen LogP contribution in [0.5, 0.6) is 0 Å². The normalized spacial score (nSPS) is 20.5. The Labute approximate surface area is 104 Å². The molecule has 1 unspecified atom stereocenters. The van der Waals surface area contributed by atoms with E-state index >= 15 is 0 Å². The van der Waals surface area contributed by atoms with Gasteiger partial charge in [0.25, 0.3) is 0 Å². The van der Waals surface area contributed by atoms with Crippen LogP contribution in [0.2, 0.25) is 0 Å². The molecule has 1 aliphatic heterocycles. The maximum atomic E-state index is 3.69. The Balaban J connectivity index is 1.63. The van der Waals surface area contributed by atoms with Crippen molar-refractivity contribution in [2.75, 3.05) is 11.9 Å². The summed E-state index contributed by atoms with van der Waals surface area (Å²) in [6.45, 7) is 4.44. The van der Waals surface area contributed by atoms with Crippen LogP contribution in [0.3, 0.4) is 0 Å². The van der Waals surface area contributed by atoms with Crippen LogP contribution in [0.4, 0.5) is 5.69 Å². The van der Waals surface area contributed by atoms with E-state index in [1.165, 1.54) is 42.5 Å². The van der Waals surface area contributed by atoms with Gasteiger partial charge in [-0.15, -0.1) is 0 Å². The molecule has 0 amide bonds. The Hall–Kier alpha value is -1.02. The van der Waals surface area contributed by atoms with E-state index < -0.39 is 0 Å². The average molecular weight is 230 g/mol. The third-order valence-corrected chi connectivity index (χ3v) is 4.40. The van der Waals surface area contributed by atoms with E-state index in [0.717, 1.165) is 19.0 Å². The molecule has 0 bridgehead atoms. The molecule has 1 saturated carbocycles. The van der Waals surface area contributed by atoms with Gasteiger partial charge in [-0.25, -0.2) is 0 Å². The van der Waals surface area contributed by atoms with Crippen LogP contribution in [0.1, 0.15) is 37.3 Å².